The number of benzene rings is 1. The van der Waals surface area contributed by atoms with Gasteiger partial charge < -0.3 is 10.2 Å². The number of hydrogen-bond donors (Lipinski definition) is 1. The summed E-state index contributed by atoms with van der Waals surface area (Å²) < 4.78 is 0. The lowest BCUT2D eigenvalue weighted by atomic mass is 10.1. The summed E-state index contributed by atoms with van der Waals surface area (Å²) in [6.07, 6.45) is 2.49. The van der Waals surface area contributed by atoms with E-state index in [9.17, 15) is 9.59 Å². The van der Waals surface area contributed by atoms with E-state index >= 15 is 0 Å². The van der Waals surface area contributed by atoms with Gasteiger partial charge in [-0.25, -0.2) is 0 Å². The van der Waals surface area contributed by atoms with E-state index < -0.39 is 6.04 Å². The van der Waals surface area contributed by atoms with Crippen molar-refractivity contribution in [3.05, 3.63) is 33.8 Å². The maximum absolute atomic E-state index is 12.6. The largest absolute Gasteiger partial charge is 0.354 e. The van der Waals surface area contributed by atoms with Crippen molar-refractivity contribution in [1.29, 1.82) is 0 Å². The molecule has 0 saturated carbocycles. The molecule has 0 aliphatic carbocycles. The van der Waals surface area contributed by atoms with Gasteiger partial charge in [-0.1, -0.05) is 50.0 Å². The zero-order valence-corrected chi connectivity index (χ0v) is 16.1. The summed E-state index contributed by atoms with van der Waals surface area (Å²) in [5.41, 5.74) is 0.673. The first kappa shape index (κ1) is 20.8. The molecule has 1 rings (SSSR count). The Morgan fingerprint density at radius 2 is 1.75 bits per heavy atom. The van der Waals surface area contributed by atoms with Gasteiger partial charge in [0.25, 0.3) is 0 Å². The van der Waals surface area contributed by atoms with Crippen LogP contribution in [0.3, 0.4) is 0 Å². The van der Waals surface area contributed by atoms with Gasteiger partial charge in [0.2, 0.25) is 11.8 Å². The average molecular weight is 373 g/mol. The number of carbonyl (C=O) groups is 2. The summed E-state index contributed by atoms with van der Waals surface area (Å²) in [5.74, 6) is -0.195. The summed E-state index contributed by atoms with van der Waals surface area (Å²) in [6, 6.07) is 4.72. The van der Waals surface area contributed by atoms with Crippen LogP contribution >= 0.6 is 23.2 Å². The molecule has 0 unspecified atom stereocenters. The van der Waals surface area contributed by atoms with Gasteiger partial charge in [-0.05, 0) is 31.4 Å². The Morgan fingerprint density at radius 3 is 2.25 bits per heavy atom. The lowest BCUT2D eigenvalue weighted by Crippen LogP contribution is -2.49. The van der Waals surface area contributed by atoms with Gasteiger partial charge in [-0.3, -0.25) is 9.59 Å². The number of hydrogen-bond acceptors (Lipinski definition) is 2. The predicted molar refractivity (Wildman–Crippen MR) is 99.3 cm³/mol. The molecule has 2 amide bonds. The third kappa shape index (κ3) is 5.67. The Hall–Kier alpha value is -1.26. The van der Waals surface area contributed by atoms with Gasteiger partial charge in [0.05, 0.1) is 0 Å². The van der Waals surface area contributed by atoms with Crippen molar-refractivity contribution in [3.8, 4) is 0 Å². The van der Waals surface area contributed by atoms with Crippen molar-refractivity contribution in [2.75, 3.05) is 6.54 Å². The average Bonchev–Trinajstić information content (AvgIpc) is 2.55. The summed E-state index contributed by atoms with van der Waals surface area (Å²) in [6.45, 7) is 6.66. The molecule has 0 spiro atoms. The van der Waals surface area contributed by atoms with Crippen LogP contribution in [0.1, 0.15) is 52.0 Å². The van der Waals surface area contributed by atoms with Gasteiger partial charge in [0.1, 0.15) is 6.04 Å². The molecule has 1 atom stereocenters. The van der Waals surface area contributed by atoms with E-state index in [-0.39, 0.29) is 18.4 Å². The molecule has 0 aliphatic heterocycles. The SMILES string of the molecule is CCCNC(=O)[C@H](CC)N(Cc1c(Cl)cccc1Cl)C(=O)CCC. The predicted octanol–water partition coefficient (Wildman–Crippen LogP) is 4.43. The zero-order valence-electron chi connectivity index (χ0n) is 14.6. The van der Waals surface area contributed by atoms with Gasteiger partial charge >= 0.3 is 0 Å². The highest BCUT2D eigenvalue weighted by molar-refractivity contribution is 6.36. The minimum Gasteiger partial charge on any atom is -0.354 e. The topological polar surface area (TPSA) is 49.4 Å². The summed E-state index contributed by atoms with van der Waals surface area (Å²) >= 11 is 12.5. The molecule has 0 fully saturated rings. The van der Waals surface area contributed by atoms with Gasteiger partial charge in [-0.15, -0.1) is 0 Å². The van der Waals surface area contributed by atoms with E-state index in [1.807, 2.05) is 20.8 Å². The Labute approximate surface area is 154 Å². The van der Waals surface area contributed by atoms with Crippen molar-refractivity contribution in [3.63, 3.8) is 0 Å². The van der Waals surface area contributed by atoms with Crippen LogP contribution in [-0.2, 0) is 16.1 Å². The van der Waals surface area contributed by atoms with E-state index in [0.717, 1.165) is 12.8 Å². The number of halogens is 2. The molecule has 1 aromatic rings. The fraction of sp³-hybridized carbons (Fsp3) is 0.556. The van der Waals surface area contributed by atoms with Crippen LogP contribution in [0.2, 0.25) is 10.0 Å². The van der Waals surface area contributed by atoms with Crippen molar-refractivity contribution in [2.45, 2.75) is 59.0 Å². The second-order valence-corrected chi connectivity index (χ2v) is 6.50. The Morgan fingerprint density at radius 1 is 1.12 bits per heavy atom. The fourth-order valence-electron chi connectivity index (χ4n) is 2.50. The van der Waals surface area contributed by atoms with Crippen LogP contribution < -0.4 is 5.32 Å². The van der Waals surface area contributed by atoms with E-state index in [2.05, 4.69) is 5.32 Å². The number of carbonyl (C=O) groups excluding carboxylic acids is 2. The molecule has 6 heteroatoms. The van der Waals surface area contributed by atoms with E-state index in [1.54, 1.807) is 23.1 Å². The zero-order chi connectivity index (χ0) is 18.1. The van der Waals surface area contributed by atoms with Crippen LogP contribution in [0.15, 0.2) is 18.2 Å². The smallest absolute Gasteiger partial charge is 0.242 e. The molecule has 134 valence electrons. The quantitative estimate of drug-likeness (QED) is 0.696. The molecular weight excluding hydrogens is 347 g/mol. The molecule has 0 heterocycles. The molecular formula is C18H26Cl2N2O2. The second-order valence-electron chi connectivity index (χ2n) is 5.69. The lowest BCUT2D eigenvalue weighted by Gasteiger charge is -2.31. The maximum atomic E-state index is 12.6. The van der Waals surface area contributed by atoms with Crippen LogP contribution in [0.5, 0.6) is 0 Å². The maximum Gasteiger partial charge on any atom is 0.242 e. The molecule has 0 saturated heterocycles. The van der Waals surface area contributed by atoms with Crippen LogP contribution in [0.4, 0.5) is 0 Å². The monoisotopic (exact) mass is 372 g/mol. The van der Waals surface area contributed by atoms with Crippen molar-refractivity contribution in [2.24, 2.45) is 0 Å². The second kappa shape index (κ2) is 10.6. The van der Waals surface area contributed by atoms with Crippen LogP contribution in [0.25, 0.3) is 0 Å². The number of amides is 2. The molecule has 0 aliphatic rings. The van der Waals surface area contributed by atoms with E-state index in [0.29, 0.717) is 35.0 Å². The highest BCUT2D eigenvalue weighted by Gasteiger charge is 2.28. The highest BCUT2D eigenvalue weighted by atomic mass is 35.5. The number of rotatable bonds is 9. The van der Waals surface area contributed by atoms with Gasteiger partial charge in [0, 0.05) is 35.1 Å². The standard InChI is InChI=1S/C18H26Cl2N2O2/c1-4-8-17(23)22(16(6-3)18(24)21-11-5-2)12-13-14(19)9-7-10-15(13)20/h7,9-10,16H,4-6,8,11-12H2,1-3H3,(H,21,24)/t16-/m0/s1. The van der Waals surface area contributed by atoms with E-state index in [1.165, 1.54) is 0 Å². The normalized spacial score (nSPS) is 11.9. The number of nitrogens with zero attached hydrogens (tertiary/aromatic N) is 1. The summed E-state index contributed by atoms with van der Waals surface area (Å²) in [4.78, 5) is 26.7. The van der Waals surface area contributed by atoms with Crippen LogP contribution in [0, 0.1) is 0 Å². The molecule has 1 N–H and O–H groups in total. The first-order valence-corrected chi connectivity index (χ1v) is 9.21. The summed E-state index contributed by atoms with van der Waals surface area (Å²) in [5, 5.41) is 3.88. The van der Waals surface area contributed by atoms with E-state index in [4.69, 9.17) is 23.2 Å². The van der Waals surface area contributed by atoms with Crippen LogP contribution in [-0.4, -0.2) is 29.3 Å². The third-order valence-electron chi connectivity index (χ3n) is 3.79. The van der Waals surface area contributed by atoms with Crippen molar-refractivity contribution in [1.82, 2.24) is 10.2 Å². The third-order valence-corrected chi connectivity index (χ3v) is 4.50. The molecule has 0 aromatic heterocycles. The van der Waals surface area contributed by atoms with Gasteiger partial charge in [-0.2, -0.15) is 0 Å². The minimum atomic E-state index is -0.525. The Bertz CT molecular complexity index is 544. The van der Waals surface area contributed by atoms with Crippen molar-refractivity contribution < 1.29 is 9.59 Å². The Balaban J connectivity index is 3.10. The fourth-order valence-corrected chi connectivity index (χ4v) is 3.01. The molecule has 24 heavy (non-hydrogen) atoms. The molecule has 1 aromatic carbocycles. The van der Waals surface area contributed by atoms with Crippen molar-refractivity contribution >= 4 is 35.0 Å². The highest BCUT2D eigenvalue weighted by Crippen LogP contribution is 2.27. The first-order chi connectivity index (χ1) is 11.5. The molecule has 0 bridgehead atoms. The molecule has 0 radical (unpaired) electrons. The Kier molecular flexibility index (Phi) is 9.16. The molecule has 4 nitrogen and oxygen atoms in total. The van der Waals surface area contributed by atoms with Gasteiger partial charge in [0.15, 0.2) is 0 Å². The number of nitrogens with one attached hydrogen (secondary N) is 1. The summed E-state index contributed by atoms with van der Waals surface area (Å²) in [7, 11) is 0. The minimum absolute atomic E-state index is 0.0630. The lowest BCUT2D eigenvalue weighted by molar-refractivity contribution is -0.141. The first-order valence-electron chi connectivity index (χ1n) is 8.46.